The topological polar surface area (TPSA) is 26.3 Å². The van der Waals surface area contributed by atoms with Crippen LogP contribution in [0.5, 0.6) is 0 Å². The Morgan fingerprint density at radius 2 is 2.33 bits per heavy atom. The van der Waals surface area contributed by atoms with Crippen molar-refractivity contribution in [3.05, 3.63) is 24.3 Å². The molecule has 1 rings (SSSR count). The second-order valence-corrected chi connectivity index (χ2v) is 6.69. The minimum atomic E-state index is -0.0798. The van der Waals surface area contributed by atoms with Crippen LogP contribution in [0.2, 0.25) is 0 Å². The van der Waals surface area contributed by atoms with Crippen LogP contribution in [0.3, 0.4) is 0 Å². The number of carbonyl (C=O) groups is 1. The Labute approximate surface area is 122 Å². The molecule has 0 bridgehead atoms. The third kappa shape index (κ3) is 5.61. The molecule has 0 radical (unpaired) electrons. The van der Waals surface area contributed by atoms with Crippen LogP contribution in [0.25, 0.3) is 0 Å². The van der Waals surface area contributed by atoms with Crippen LogP contribution in [0, 0.1) is 11.8 Å². The Morgan fingerprint density at radius 1 is 1.56 bits per heavy atom. The second-order valence-electron chi connectivity index (χ2n) is 4.53. The molecule has 0 heterocycles. The third-order valence-corrected chi connectivity index (χ3v) is 4.62. The van der Waals surface area contributed by atoms with E-state index in [-0.39, 0.29) is 11.9 Å². The van der Waals surface area contributed by atoms with Gasteiger partial charge in [0, 0.05) is 10.6 Å². The number of hydrogen-bond acceptors (Lipinski definition) is 3. The molecule has 3 unspecified atom stereocenters. The summed E-state index contributed by atoms with van der Waals surface area (Å²) in [7, 11) is 0. The highest BCUT2D eigenvalue weighted by atomic mass is 79.9. The number of hydrogen-bond donors (Lipinski definition) is 0. The van der Waals surface area contributed by atoms with E-state index in [2.05, 4.69) is 40.2 Å². The Morgan fingerprint density at radius 3 is 2.94 bits per heavy atom. The molecule has 2 nitrogen and oxygen atoms in total. The molecule has 1 aliphatic carbocycles. The fourth-order valence-electron chi connectivity index (χ4n) is 1.84. The molecule has 0 aliphatic heterocycles. The summed E-state index contributed by atoms with van der Waals surface area (Å²) in [5, 5.41) is 0. The molecule has 0 N–H and O–H groups in total. The Hall–Kier alpha value is -0.220. The van der Waals surface area contributed by atoms with Crippen molar-refractivity contribution in [2.75, 3.05) is 18.6 Å². The molecule has 102 valence electrons. The predicted octanol–water partition coefficient (Wildman–Crippen LogP) is 3.81. The van der Waals surface area contributed by atoms with E-state index >= 15 is 0 Å². The largest absolute Gasteiger partial charge is 0.465 e. The maximum Gasteiger partial charge on any atom is 0.308 e. The Kier molecular flexibility index (Phi) is 7.75. The molecular weight excluding hydrogens is 312 g/mol. The number of halogens is 1. The van der Waals surface area contributed by atoms with Gasteiger partial charge in [-0.3, -0.25) is 4.79 Å². The number of esters is 1. The molecule has 0 spiro atoms. The molecule has 4 heteroatoms. The molecule has 0 saturated carbocycles. The molecular formula is C14H21BrO2S. The molecule has 0 aromatic rings. The SMILES string of the molecule is CSCCOC(=O)C(C)CC(Br)C1C=CC=CC1. The van der Waals surface area contributed by atoms with Gasteiger partial charge < -0.3 is 4.74 Å². The summed E-state index contributed by atoms with van der Waals surface area (Å²) in [4.78, 5) is 12.1. The quantitative estimate of drug-likeness (QED) is 0.403. The van der Waals surface area contributed by atoms with Crippen LogP contribution in [-0.4, -0.2) is 29.4 Å². The van der Waals surface area contributed by atoms with Crippen LogP contribution in [0.4, 0.5) is 0 Å². The van der Waals surface area contributed by atoms with Gasteiger partial charge in [0.2, 0.25) is 0 Å². The van der Waals surface area contributed by atoms with Crippen molar-refractivity contribution in [1.82, 2.24) is 0 Å². The van der Waals surface area contributed by atoms with E-state index in [9.17, 15) is 4.79 Å². The van der Waals surface area contributed by atoms with Crippen LogP contribution in [-0.2, 0) is 9.53 Å². The summed E-state index contributed by atoms with van der Waals surface area (Å²) >= 11 is 5.38. The van der Waals surface area contributed by atoms with Gasteiger partial charge in [0.25, 0.3) is 0 Å². The monoisotopic (exact) mass is 332 g/mol. The number of alkyl halides is 1. The zero-order valence-electron chi connectivity index (χ0n) is 11.0. The number of carbonyl (C=O) groups excluding carboxylic acids is 1. The first kappa shape index (κ1) is 15.8. The van der Waals surface area contributed by atoms with Gasteiger partial charge in [0.1, 0.15) is 6.61 Å². The zero-order valence-corrected chi connectivity index (χ0v) is 13.4. The first-order chi connectivity index (χ1) is 8.65. The van der Waals surface area contributed by atoms with E-state index in [1.807, 2.05) is 13.2 Å². The number of ether oxygens (including phenoxy) is 1. The van der Waals surface area contributed by atoms with Crippen molar-refractivity contribution < 1.29 is 9.53 Å². The van der Waals surface area contributed by atoms with Gasteiger partial charge >= 0.3 is 5.97 Å². The van der Waals surface area contributed by atoms with Crippen molar-refractivity contribution in [3.63, 3.8) is 0 Å². The molecule has 3 atom stereocenters. The lowest BCUT2D eigenvalue weighted by molar-refractivity contribution is -0.147. The van der Waals surface area contributed by atoms with E-state index < -0.39 is 0 Å². The fraction of sp³-hybridized carbons (Fsp3) is 0.643. The molecule has 1 aliphatic rings. The van der Waals surface area contributed by atoms with E-state index in [1.54, 1.807) is 11.8 Å². The van der Waals surface area contributed by atoms with E-state index in [0.717, 1.165) is 18.6 Å². The summed E-state index contributed by atoms with van der Waals surface area (Å²) < 4.78 is 5.22. The summed E-state index contributed by atoms with van der Waals surface area (Å²) in [6.07, 6.45) is 12.4. The van der Waals surface area contributed by atoms with Crippen LogP contribution < -0.4 is 0 Å². The predicted molar refractivity (Wildman–Crippen MR) is 82.2 cm³/mol. The summed E-state index contributed by atoms with van der Waals surface area (Å²) in [5.74, 6) is 1.22. The third-order valence-electron chi connectivity index (χ3n) is 2.99. The standard InChI is InChI=1S/C14H21BrO2S/c1-11(14(16)17-8-9-18-2)10-13(15)12-6-4-3-5-7-12/h3-6,11-13H,7-10H2,1-2H3. The highest BCUT2D eigenvalue weighted by molar-refractivity contribution is 9.09. The molecule has 0 aromatic carbocycles. The highest BCUT2D eigenvalue weighted by Crippen LogP contribution is 2.27. The number of allylic oxidation sites excluding steroid dienone is 4. The molecule has 0 saturated heterocycles. The van der Waals surface area contributed by atoms with Crippen LogP contribution in [0.15, 0.2) is 24.3 Å². The fourth-order valence-corrected chi connectivity index (χ4v) is 3.05. The minimum absolute atomic E-state index is 0.0458. The highest BCUT2D eigenvalue weighted by Gasteiger charge is 2.23. The molecule has 18 heavy (non-hydrogen) atoms. The van der Waals surface area contributed by atoms with Gasteiger partial charge in [0.05, 0.1) is 5.92 Å². The number of rotatable bonds is 7. The number of thioether (sulfide) groups is 1. The lowest BCUT2D eigenvalue weighted by Gasteiger charge is -2.22. The van der Waals surface area contributed by atoms with Crippen LogP contribution in [0.1, 0.15) is 19.8 Å². The van der Waals surface area contributed by atoms with Gasteiger partial charge in [0.15, 0.2) is 0 Å². The van der Waals surface area contributed by atoms with Crippen molar-refractivity contribution in [2.24, 2.45) is 11.8 Å². The maximum absolute atomic E-state index is 11.8. The first-order valence-electron chi connectivity index (χ1n) is 6.28. The van der Waals surface area contributed by atoms with Crippen LogP contribution >= 0.6 is 27.7 Å². The second kappa shape index (κ2) is 8.81. The van der Waals surface area contributed by atoms with Gasteiger partial charge in [-0.15, -0.1) is 0 Å². The Balaban J connectivity index is 2.29. The van der Waals surface area contributed by atoms with Gasteiger partial charge in [-0.25, -0.2) is 0 Å². The lowest BCUT2D eigenvalue weighted by atomic mass is 9.92. The van der Waals surface area contributed by atoms with E-state index in [4.69, 9.17) is 4.74 Å². The van der Waals surface area contributed by atoms with Crippen molar-refractivity contribution >= 4 is 33.7 Å². The lowest BCUT2D eigenvalue weighted by Crippen LogP contribution is -2.23. The van der Waals surface area contributed by atoms with E-state index in [0.29, 0.717) is 17.4 Å². The average molecular weight is 333 g/mol. The average Bonchev–Trinajstić information content (AvgIpc) is 2.39. The van der Waals surface area contributed by atoms with Gasteiger partial charge in [-0.2, -0.15) is 11.8 Å². The maximum atomic E-state index is 11.8. The molecule has 0 aromatic heterocycles. The first-order valence-corrected chi connectivity index (χ1v) is 8.59. The summed E-state index contributed by atoms with van der Waals surface area (Å²) in [5.41, 5.74) is 0. The Bertz CT molecular complexity index is 315. The van der Waals surface area contributed by atoms with Gasteiger partial charge in [-0.05, 0) is 25.0 Å². The normalized spacial score (nSPS) is 21.6. The van der Waals surface area contributed by atoms with Crippen molar-refractivity contribution in [2.45, 2.75) is 24.6 Å². The van der Waals surface area contributed by atoms with Crippen molar-refractivity contribution in [1.29, 1.82) is 0 Å². The van der Waals surface area contributed by atoms with Gasteiger partial charge in [-0.1, -0.05) is 47.2 Å². The summed E-state index contributed by atoms with van der Waals surface area (Å²) in [6, 6.07) is 0. The molecule has 0 amide bonds. The van der Waals surface area contributed by atoms with Crippen molar-refractivity contribution in [3.8, 4) is 0 Å². The minimum Gasteiger partial charge on any atom is -0.465 e. The molecule has 0 fully saturated rings. The van der Waals surface area contributed by atoms with E-state index in [1.165, 1.54) is 0 Å². The summed E-state index contributed by atoms with van der Waals surface area (Å²) in [6.45, 7) is 2.46. The smallest absolute Gasteiger partial charge is 0.308 e. The zero-order chi connectivity index (χ0) is 13.4.